The van der Waals surface area contributed by atoms with Crippen molar-refractivity contribution in [3.05, 3.63) is 0 Å². The van der Waals surface area contributed by atoms with Crippen LogP contribution in [-0.2, 0) is 9.59 Å². The van der Waals surface area contributed by atoms with Crippen LogP contribution in [0.25, 0.3) is 0 Å². The smallest absolute Gasteiger partial charge is 0.321 e. The lowest BCUT2D eigenvalue weighted by molar-refractivity contribution is -0.137. The van der Waals surface area contributed by atoms with Crippen molar-refractivity contribution in [3.63, 3.8) is 0 Å². The van der Waals surface area contributed by atoms with Gasteiger partial charge in [0.15, 0.2) is 0 Å². The summed E-state index contributed by atoms with van der Waals surface area (Å²) in [4.78, 5) is 20.4. The van der Waals surface area contributed by atoms with Crippen LogP contribution in [0.2, 0.25) is 0 Å². The van der Waals surface area contributed by atoms with Gasteiger partial charge >= 0.3 is 5.97 Å². The summed E-state index contributed by atoms with van der Waals surface area (Å²) in [5, 5.41) is 8.36. The Hall–Kier alpha value is -0.750. The monoisotopic (exact) mass is 192 g/mol. The first-order chi connectivity index (χ1) is 5.54. The minimum atomic E-state index is -1.03. The zero-order chi connectivity index (χ0) is 9.56. The summed E-state index contributed by atoms with van der Waals surface area (Å²) in [6.45, 7) is 0. The van der Waals surface area contributed by atoms with Gasteiger partial charge < -0.3 is 16.6 Å². The van der Waals surface area contributed by atoms with Crippen molar-refractivity contribution in [2.45, 2.75) is 12.5 Å². The van der Waals surface area contributed by atoms with Crippen molar-refractivity contribution in [2.24, 2.45) is 11.5 Å². The van der Waals surface area contributed by atoms with E-state index in [1.165, 1.54) is 11.8 Å². The largest absolute Gasteiger partial charge is 0.480 e. The quantitative estimate of drug-likeness (QED) is 0.468. The lowest BCUT2D eigenvalue weighted by Crippen LogP contribution is -2.32. The lowest BCUT2D eigenvalue weighted by atomic mass is 10.4. The molecule has 1 amide bonds. The van der Waals surface area contributed by atoms with Crippen molar-refractivity contribution in [1.82, 2.24) is 0 Å². The molecule has 0 radical (unpaired) electrons. The molecule has 0 aromatic rings. The molecule has 0 aliphatic heterocycles. The molecule has 70 valence electrons. The highest BCUT2D eigenvalue weighted by atomic mass is 32.2. The number of hydrogen-bond acceptors (Lipinski definition) is 4. The highest BCUT2D eigenvalue weighted by molar-refractivity contribution is 7.99. The maximum absolute atomic E-state index is 10.2. The molecule has 5 nitrogen and oxygen atoms in total. The molecule has 12 heavy (non-hydrogen) atoms. The van der Waals surface area contributed by atoms with Crippen molar-refractivity contribution in [2.75, 3.05) is 11.5 Å². The van der Waals surface area contributed by atoms with Crippen LogP contribution in [0.3, 0.4) is 0 Å². The van der Waals surface area contributed by atoms with E-state index in [4.69, 9.17) is 16.6 Å². The first-order valence-electron chi connectivity index (χ1n) is 3.38. The Bertz CT molecular complexity index is 174. The van der Waals surface area contributed by atoms with Crippen LogP contribution in [0.4, 0.5) is 0 Å². The number of carboxylic acid groups (broad SMARTS) is 1. The fourth-order valence-electron chi connectivity index (χ4n) is 0.454. The number of thioether (sulfide) groups is 1. The van der Waals surface area contributed by atoms with E-state index in [1.807, 2.05) is 0 Å². The summed E-state index contributed by atoms with van der Waals surface area (Å²) in [6, 6.07) is -0.858. The maximum Gasteiger partial charge on any atom is 0.321 e. The van der Waals surface area contributed by atoms with Gasteiger partial charge in [-0.3, -0.25) is 9.59 Å². The zero-order valence-corrected chi connectivity index (χ0v) is 7.34. The average molecular weight is 192 g/mol. The van der Waals surface area contributed by atoms with Crippen molar-refractivity contribution in [1.29, 1.82) is 0 Å². The maximum atomic E-state index is 10.2. The van der Waals surface area contributed by atoms with Gasteiger partial charge in [-0.05, 0) is 0 Å². The van der Waals surface area contributed by atoms with Gasteiger partial charge in [-0.25, -0.2) is 0 Å². The molecular weight excluding hydrogens is 180 g/mol. The second-order valence-electron chi connectivity index (χ2n) is 2.24. The summed E-state index contributed by atoms with van der Waals surface area (Å²) >= 11 is 1.31. The molecule has 0 saturated carbocycles. The minimum Gasteiger partial charge on any atom is -0.480 e. The molecule has 0 rings (SSSR count). The fraction of sp³-hybridized carbons (Fsp3) is 0.667. The molecule has 1 unspecified atom stereocenters. The number of rotatable bonds is 6. The van der Waals surface area contributed by atoms with Crippen LogP contribution < -0.4 is 11.5 Å². The van der Waals surface area contributed by atoms with E-state index in [0.29, 0.717) is 11.5 Å². The number of amides is 1. The van der Waals surface area contributed by atoms with E-state index in [-0.39, 0.29) is 12.3 Å². The summed E-state index contributed by atoms with van der Waals surface area (Å²) in [5.74, 6) is -0.577. The lowest BCUT2D eigenvalue weighted by Gasteiger charge is -2.04. The third-order valence-corrected chi connectivity index (χ3v) is 2.20. The summed E-state index contributed by atoms with van der Waals surface area (Å²) in [6.07, 6.45) is 0.261. The van der Waals surface area contributed by atoms with Crippen LogP contribution in [0.15, 0.2) is 0 Å². The van der Waals surface area contributed by atoms with Gasteiger partial charge in [0.25, 0.3) is 0 Å². The molecule has 5 N–H and O–H groups in total. The number of carbonyl (C=O) groups excluding carboxylic acids is 1. The molecule has 0 bridgehead atoms. The van der Waals surface area contributed by atoms with Crippen LogP contribution in [0.1, 0.15) is 6.42 Å². The van der Waals surface area contributed by atoms with Crippen LogP contribution in [0, 0.1) is 0 Å². The minimum absolute atomic E-state index is 0.261. The molecule has 1 atom stereocenters. The average Bonchev–Trinajstić information content (AvgIpc) is 1.97. The Balaban J connectivity index is 3.31. The molecule has 0 spiro atoms. The van der Waals surface area contributed by atoms with Crippen molar-refractivity contribution < 1.29 is 14.7 Å². The molecular formula is C6H12N2O3S. The number of primary amides is 1. The Labute approximate surface area is 74.5 Å². The van der Waals surface area contributed by atoms with E-state index >= 15 is 0 Å². The third kappa shape index (κ3) is 5.99. The van der Waals surface area contributed by atoms with E-state index < -0.39 is 12.0 Å². The van der Waals surface area contributed by atoms with Crippen LogP contribution in [0.5, 0.6) is 0 Å². The van der Waals surface area contributed by atoms with Gasteiger partial charge in [-0.15, -0.1) is 0 Å². The normalized spacial score (nSPS) is 12.4. The highest BCUT2D eigenvalue weighted by Gasteiger charge is 2.10. The van der Waals surface area contributed by atoms with E-state index in [0.717, 1.165) is 0 Å². The predicted octanol–water partition coefficient (Wildman–Crippen LogP) is -0.993. The Kier molecular flexibility index (Phi) is 5.48. The van der Waals surface area contributed by atoms with Gasteiger partial charge in [-0.1, -0.05) is 0 Å². The predicted molar refractivity (Wildman–Crippen MR) is 46.7 cm³/mol. The van der Waals surface area contributed by atoms with Gasteiger partial charge in [0, 0.05) is 17.9 Å². The SMILES string of the molecule is NC(=O)CCSCC(N)C(=O)O. The Morgan fingerprint density at radius 1 is 1.50 bits per heavy atom. The number of hydrogen-bond donors (Lipinski definition) is 3. The first-order valence-corrected chi connectivity index (χ1v) is 4.54. The van der Waals surface area contributed by atoms with Crippen molar-refractivity contribution in [3.8, 4) is 0 Å². The van der Waals surface area contributed by atoms with E-state index in [9.17, 15) is 9.59 Å². The molecule has 0 aromatic heterocycles. The molecule has 0 aromatic carbocycles. The summed E-state index contributed by atoms with van der Waals surface area (Å²) < 4.78 is 0. The van der Waals surface area contributed by atoms with E-state index in [1.54, 1.807) is 0 Å². The molecule has 0 aliphatic rings. The number of carbonyl (C=O) groups is 2. The third-order valence-electron chi connectivity index (χ3n) is 1.11. The number of carboxylic acids is 1. The molecule has 0 heterocycles. The number of nitrogens with two attached hydrogens (primary N) is 2. The first kappa shape index (κ1) is 11.2. The van der Waals surface area contributed by atoms with E-state index in [2.05, 4.69) is 0 Å². The topological polar surface area (TPSA) is 106 Å². The number of aliphatic carboxylic acids is 1. The second-order valence-corrected chi connectivity index (χ2v) is 3.39. The van der Waals surface area contributed by atoms with Gasteiger partial charge in [0.1, 0.15) is 6.04 Å². The fourth-order valence-corrected chi connectivity index (χ4v) is 1.36. The Morgan fingerprint density at radius 2 is 2.08 bits per heavy atom. The standard InChI is InChI=1S/C6H12N2O3S/c7-4(6(10)11)3-12-2-1-5(8)9/h4H,1-3,7H2,(H2,8,9)(H,10,11). The van der Waals surface area contributed by atoms with Crippen LogP contribution >= 0.6 is 11.8 Å². The summed E-state index contributed by atoms with van der Waals surface area (Å²) in [5.41, 5.74) is 10.1. The van der Waals surface area contributed by atoms with Gasteiger partial charge in [-0.2, -0.15) is 11.8 Å². The van der Waals surface area contributed by atoms with Crippen molar-refractivity contribution >= 4 is 23.6 Å². The Morgan fingerprint density at radius 3 is 2.50 bits per heavy atom. The summed E-state index contributed by atoms with van der Waals surface area (Å²) in [7, 11) is 0. The highest BCUT2D eigenvalue weighted by Crippen LogP contribution is 2.03. The molecule has 0 saturated heterocycles. The van der Waals surface area contributed by atoms with Gasteiger partial charge in [0.05, 0.1) is 0 Å². The van der Waals surface area contributed by atoms with Crippen LogP contribution in [-0.4, -0.2) is 34.5 Å². The zero-order valence-electron chi connectivity index (χ0n) is 6.53. The second kappa shape index (κ2) is 5.84. The van der Waals surface area contributed by atoms with Gasteiger partial charge in [0.2, 0.25) is 5.91 Å². The molecule has 0 aliphatic carbocycles. The molecule has 0 fully saturated rings. The molecule has 6 heteroatoms.